The Morgan fingerprint density at radius 2 is 1.88 bits per heavy atom. The SMILES string of the molecule is Nc1ccc(N2CC(=O)/C(=C/O)C2=O)cc1. The summed E-state index contributed by atoms with van der Waals surface area (Å²) < 4.78 is 0. The summed E-state index contributed by atoms with van der Waals surface area (Å²) in [6.07, 6.45) is 0.558. The highest BCUT2D eigenvalue weighted by Gasteiger charge is 2.34. The molecule has 1 aliphatic heterocycles. The first-order valence-corrected chi connectivity index (χ1v) is 4.68. The van der Waals surface area contributed by atoms with E-state index in [1.807, 2.05) is 0 Å². The average Bonchev–Trinajstić information content (AvgIpc) is 2.55. The Labute approximate surface area is 91.8 Å². The van der Waals surface area contributed by atoms with Crippen molar-refractivity contribution in [2.24, 2.45) is 0 Å². The van der Waals surface area contributed by atoms with Crippen LogP contribution in [-0.2, 0) is 9.59 Å². The van der Waals surface area contributed by atoms with E-state index in [0.29, 0.717) is 17.6 Å². The molecule has 0 radical (unpaired) electrons. The third-order valence-corrected chi connectivity index (χ3v) is 2.41. The number of nitrogen functional groups attached to an aromatic ring is 1. The number of hydrogen-bond acceptors (Lipinski definition) is 4. The highest BCUT2D eigenvalue weighted by molar-refractivity contribution is 6.31. The van der Waals surface area contributed by atoms with Crippen LogP contribution in [-0.4, -0.2) is 23.3 Å². The second kappa shape index (κ2) is 3.69. The van der Waals surface area contributed by atoms with E-state index in [4.69, 9.17) is 10.8 Å². The van der Waals surface area contributed by atoms with E-state index in [1.54, 1.807) is 24.3 Å². The average molecular weight is 218 g/mol. The van der Waals surface area contributed by atoms with E-state index >= 15 is 0 Å². The molecule has 5 nitrogen and oxygen atoms in total. The summed E-state index contributed by atoms with van der Waals surface area (Å²) in [5, 5.41) is 8.77. The molecule has 0 atom stereocenters. The Balaban J connectivity index is 2.34. The van der Waals surface area contributed by atoms with Crippen molar-refractivity contribution in [2.45, 2.75) is 0 Å². The maximum Gasteiger partial charge on any atom is 0.265 e. The fourth-order valence-electron chi connectivity index (χ4n) is 1.56. The molecule has 1 fully saturated rings. The summed E-state index contributed by atoms with van der Waals surface area (Å²) in [4.78, 5) is 24.3. The molecule has 1 aliphatic rings. The lowest BCUT2D eigenvalue weighted by Gasteiger charge is -2.13. The lowest BCUT2D eigenvalue weighted by atomic mass is 10.2. The van der Waals surface area contributed by atoms with Gasteiger partial charge in [-0.1, -0.05) is 0 Å². The van der Waals surface area contributed by atoms with Crippen molar-refractivity contribution in [1.82, 2.24) is 0 Å². The Kier molecular flexibility index (Phi) is 2.36. The molecule has 0 unspecified atom stereocenters. The highest BCUT2D eigenvalue weighted by atomic mass is 16.2. The normalized spacial score (nSPS) is 18.5. The zero-order valence-electron chi connectivity index (χ0n) is 8.38. The van der Waals surface area contributed by atoms with Gasteiger partial charge in [0, 0.05) is 11.4 Å². The quantitative estimate of drug-likeness (QED) is 0.313. The number of aliphatic hydroxyl groups is 1. The molecule has 0 aliphatic carbocycles. The van der Waals surface area contributed by atoms with E-state index in [0.717, 1.165) is 0 Å². The van der Waals surface area contributed by atoms with Gasteiger partial charge in [0.1, 0.15) is 5.57 Å². The summed E-state index contributed by atoms with van der Waals surface area (Å²) in [6, 6.07) is 6.60. The van der Waals surface area contributed by atoms with Gasteiger partial charge in [-0.3, -0.25) is 9.59 Å². The molecule has 1 heterocycles. The van der Waals surface area contributed by atoms with Crippen molar-refractivity contribution >= 4 is 23.1 Å². The molecule has 0 saturated carbocycles. The van der Waals surface area contributed by atoms with E-state index in [-0.39, 0.29) is 17.9 Å². The maximum absolute atomic E-state index is 11.7. The van der Waals surface area contributed by atoms with Crippen LogP contribution in [0.5, 0.6) is 0 Å². The summed E-state index contributed by atoms with van der Waals surface area (Å²) in [6.45, 7) is -0.0465. The zero-order chi connectivity index (χ0) is 11.7. The Morgan fingerprint density at radius 3 is 2.38 bits per heavy atom. The largest absolute Gasteiger partial charge is 0.515 e. The van der Waals surface area contributed by atoms with Crippen LogP contribution in [0.25, 0.3) is 0 Å². The van der Waals surface area contributed by atoms with Gasteiger partial charge in [-0.25, -0.2) is 0 Å². The minimum atomic E-state index is -0.489. The van der Waals surface area contributed by atoms with Gasteiger partial charge in [0.15, 0.2) is 5.78 Å². The van der Waals surface area contributed by atoms with Crippen molar-refractivity contribution in [3.05, 3.63) is 36.1 Å². The lowest BCUT2D eigenvalue weighted by molar-refractivity contribution is -0.116. The van der Waals surface area contributed by atoms with Crippen molar-refractivity contribution in [1.29, 1.82) is 0 Å². The van der Waals surface area contributed by atoms with Gasteiger partial charge >= 0.3 is 0 Å². The van der Waals surface area contributed by atoms with Gasteiger partial charge in [-0.15, -0.1) is 0 Å². The minimum Gasteiger partial charge on any atom is -0.515 e. The fourth-order valence-corrected chi connectivity index (χ4v) is 1.56. The van der Waals surface area contributed by atoms with Crippen LogP contribution in [0.2, 0.25) is 0 Å². The second-order valence-corrected chi connectivity index (χ2v) is 3.45. The van der Waals surface area contributed by atoms with Crippen molar-refractivity contribution in [3.63, 3.8) is 0 Å². The molecular weight excluding hydrogens is 208 g/mol. The van der Waals surface area contributed by atoms with Gasteiger partial charge in [-0.2, -0.15) is 0 Å². The summed E-state index contributed by atoms with van der Waals surface area (Å²) in [5.74, 6) is -0.874. The highest BCUT2D eigenvalue weighted by Crippen LogP contribution is 2.23. The standard InChI is InChI=1S/C11H10N2O3/c12-7-1-3-8(4-2-7)13-5-10(15)9(6-14)11(13)16/h1-4,6,14H,5,12H2/b9-6-. The molecule has 16 heavy (non-hydrogen) atoms. The second-order valence-electron chi connectivity index (χ2n) is 3.45. The van der Waals surface area contributed by atoms with E-state index in [9.17, 15) is 9.59 Å². The molecule has 1 aromatic rings. The predicted molar refractivity (Wildman–Crippen MR) is 58.9 cm³/mol. The smallest absolute Gasteiger partial charge is 0.265 e. The topological polar surface area (TPSA) is 83.6 Å². The molecule has 1 aromatic carbocycles. The molecule has 3 N–H and O–H groups in total. The number of ketones is 1. The molecule has 1 saturated heterocycles. The van der Waals surface area contributed by atoms with E-state index < -0.39 is 5.91 Å². The van der Waals surface area contributed by atoms with Crippen molar-refractivity contribution < 1.29 is 14.7 Å². The van der Waals surface area contributed by atoms with E-state index in [1.165, 1.54) is 4.90 Å². The number of anilines is 2. The van der Waals surface area contributed by atoms with Crippen LogP contribution in [0.15, 0.2) is 36.1 Å². The van der Waals surface area contributed by atoms with Crippen LogP contribution < -0.4 is 10.6 Å². The number of nitrogens with zero attached hydrogens (tertiary/aromatic N) is 1. The van der Waals surface area contributed by atoms with Crippen molar-refractivity contribution in [3.8, 4) is 0 Å². The first-order chi connectivity index (χ1) is 7.63. The van der Waals surface area contributed by atoms with Crippen LogP contribution in [0.3, 0.4) is 0 Å². The maximum atomic E-state index is 11.7. The van der Waals surface area contributed by atoms with Crippen LogP contribution in [0.1, 0.15) is 0 Å². The number of nitrogens with two attached hydrogens (primary N) is 1. The third-order valence-electron chi connectivity index (χ3n) is 2.41. The number of rotatable bonds is 1. The first kappa shape index (κ1) is 10.2. The van der Waals surface area contributed by atoms with E-state index in [2.05, 4.69) is 0 Å². The van der Waals surface area contributed by atoms with Gasteiger partial charge in [-0.05, 0) is 24.3 Å². The molecule has 82 valence electrons. The number of Topliss-reactive ketones (excluding diaryl/α,β-unsaturated/α-hetero) is 1. The van der Waals surface area contributed by atoms with Gasteiger partial charge in [0.2, 0.25) is 0 Å². The first-order valence-electron chi connectivity index (χ1n) is 4.68. The van der Waals surface area contributed by atoms with Crippen molar-refractivity contribution in [2.75, 3.05) is 17.2 Å². The molecule has 1 amide bonds. The number of amides is 1. The minimum absolute atomic E-state index is 0.0465. The molecule has 5 heteroatoms. The summed E-state index contributed by atoms with van der Waals surface area (Å²) in [5.41, 5.74) is 6.51. The van der Waals surface area contributed by atoms with Crippen LogP contribution in [0.4, 0.5) is 11.4 Å². The monoisotopic (exact) mass is 218 g/mol. The van der Waals surface area contributed by atoms with Gasteiger partial charge < -0.3 is 15.7 Å². The van der Waals surface area contributed by atoms with Crippen LogP contribution in [0, 0.1) is 0 Å². The molecule has 0 aromatic heterocycles. The number of carbonyl (C=O) groups excluding carboxylic acids is 2. The molecule has 2 rings (SSSR count). The zero-order valence-corrected chi connectivity index (χ0v) is 8.38. The lowest BCUT2D eigenvalue weighted by Crippen LogP contribution is -2.24. The van der Waals surface area contributed by atoms with Gasteiger partial charge in [0.25, 0.3) is 5.91 Å². The number of aliphatic hydroxyl groups excluding tert-OH is 1. The number of carbonyl (C=O) groups is 2. The molecule has 0 bridgehead atoms. The molecule has 0 spiro atoms. The number of hydrogen-bond donors (Lipinski definition) is 2. The summed E-state index contributed by atoms with van der Waals surface area (Å²) in [7, 11) is 0. The summed E-state index contributed by atoms with van der Waals surface area (Å²) >= 11 is 0. The predicted octanol–water partition coefficient (Wildman–Crippen LogP) is 0.626. The fraction of sp³-hybridized carbons (Fsp3) is 0.0909. The Morgan fingerprint density at radius 1 is 1.25 bits per heavy atom. The third kappa shape index (κ3) is 1.52. The Hall–Kier alpha value is -2.30. The number of benzene rings is 1. The van der Waals surface area contributed by atoms with Crippen LogP contribution >= 0.6 is 0 Å². The molecular formula is C11H10N2O3. The Bertz CT molecular complexity index is 477. The van der Waals surface area contributed by atoms with Gasteiger partial charge in [0.05, 0.1) is 12.8 Å².